The Morgan fingerprint density at radius 3 is 2.46 bits per heavy atom. The van der Waals surface area contributed by atoms with Gasteiger partial charge in [0.1, 0.15) is 12.4 Å². The van der Waals surface area contributed by atoms with Crippen molar-refractivity contribution in [3.05, 3.63) is 65.7 Å². The molecule has 24 heavy (non-hydrogen) atoms. The lowest BCUT2D eigenvalue weighted by atomic mass is 10.2. The number of esters is 1. The van der Waals surface area contributed by atoms with E-state index in [0.29, 0.717) is 11.3 Å². The molecule has 0 aliphatic carbocycles. The molecule has 2 rings (SSSR count). The Labute approximate surface area is 140 Å². The van der Waals surface area contributed by atoms with E-state index in [1.807, 2.05) is 0 Å². The van der Waals surface area contributed by atoms with E-state index >= 15 is 0 Å². The minimum Gasteiger partial charge on any atom is -0.508 e. The van der Waals surface area contributed by atoms with Crippen molar-refractivity contribution in [1.82, 2.24) is 0 Å². The maximum absolute atomic E-state index is 11.6. The highest BCUT2D eigenvalue weighted by molar-refractivity contribution is 5.87. The highest BCUT2D eigenvalue weighted by atomic mass is 16.5. The van der Waals surface area contributed by atoms with Crippen molar-refractivity contribution in [2.24, 2.45) is 0 Å². The Morgan fingerprint density at radius 2 is 1.75 bits per heavy atom. The zero-order chi connectivity index (χ0) is 17.4. The van der Waals surface area contributed by atoms with Crippen LogP contribution in [0.4, 0.5) is 0 Å². The van der Waals surface area contributed by atoms with Crippen molar-refractivity contribution < 1.29 is 24.5 Å². The molecule has 2 N–H and O–H groups in total. The van der Waals surface area contributed by atoms with Gasteiger partial charge in [-0.25, -0.2) is 4.79 Å². The van der Waals surface area contributed by atoms with Gasteiger partial charge in [-0.2, -0.15) is 0 Å². The average Bonchev–Trinajstić information content (AvgIpc) is 2.59. The van der Waals surface area contributed by atoms with Gasteiger partial charge in [-0.15, -0.1) is 0 Å². The summed E-state index contributed by atoms with van der Waals surface area (Å²) in [5, 5.41) is 18.7. The number of aromatic hydroxyl groups is 2. The summed E-state index contributed by atoms with van der Waals surface area (Å²) in [5.74, 6) is 0.103. The van der Waals surface area contributed by atoms with Gasteiger partial charge in [-0.3, -0.25) is 0 Å². The molecule has 5 nitrogen and oxygen atoms in total. The van der Waals surface area contributed by atoms with Crippen molar-refractivity contribution in [3.63, 3.8) is 0 Å². The summed E-state index contributed by atoms with van der Waals surface area (Å²) in [4.78, 5) is 11.6. The van der Waals surface area contributed by atoms with E-state index in [2.05, 4.69) is 0 Å². The monoisotopic (exact) mass is 326 g/mol. The first-order valence-corrected chi connectivity index (χ1v) is 7.26. The zero-order valence-electron chi connectivity index (χ0n) is 13.2. The molecule has 0 amide bonds. The number of phenolic OH excluding ortho intramolecular Hbond substituents is 2. The Morgan fingerprint density at radius 1 is 1.04 bits per heavy atom. The second-order valence-corrected chi connectivity index (χ2v) is 4.89. The second kappa shape index (κ2) is 8.43. The number of benzene rings is 2. The van der Waals surface area contributed by atoms with E-state index in [0.717, 1.165) is 5.56 Å². The van der Waals surface area contributed by atoms with Crippen LogP contribution < -0.4 is 4.74 Å². The topological polar surface area (TPSA) is 76.0 Å². The summed E-state index contributed by atoms with van der Waals surface area (Å²) < 4.78 is 10.0. The fourth-order valence-corrected chi connectivity index (χ4v) is 1.91. The molecule has 0 spiro atoms. The van der Waals surface area contributed by atoms with Crippen LogP contribution >= 0.6 is 0 Å². The van der Waals surface area contributed by atoms with Gasteiger partial charge in [0.2, 0.25) is 0 Å². The molecule has 0 atom stereocenters. The van der Waals surface area contributed by atoms with E-state index in [4.69, 9.17) is 9.47 Å². The van der Waals surface area contributed by atoms with E-state index < -0.39 is 5.97 Å². The lowest BCUT2D eigenvalue weighted by molar-refractivity contribution is -0.136. The van der Waals surface area contributed by atoms with Crippen molar-refractivity contribution in [1.29, 1.82) is 0 Å². The third-order valence-corrected chi connectivity index (χ3v) is 3.14. The van der Waals surface area contributed by atoms with Gasteiger partial charge in [0, 0.05) is 6.08 Å². The fourth-order valence-electron chi connectivity index (χ4n) is 1.91. The molecule has 0 saturated carbocycles. The molecule has 0 heterocycles. The number of methoxy groups -OCH3 is 1. The summed E-state index contributed by atoms with van der Waals surface area (Å²) in [6.45, 7) is 0.142. The highest BCUT2D eigenvalue weighted by Crippen LogP contribution is 2.26. The van der Waals surface area contributed by atoms with Gasteiger partial charge in [0.15, 0.2) is 11.5 Å². The Kier molecular flexibility index (Phi) is 6.02. The lowest BCUT2D eigenvalue weighted by Crippen LogP contribution is -1.99. The number of carbonyl (C=O) groups is 1. The molecule has 0 aromatic heterocycles. The first kappa shape index (κ1) is 17.1. The number of rotatable bonds is 6. The van der Waals surface area contributed by atoms with Crippen LogP contribution in [0.3, 0.4) is 0 Å². The lowest BCUT2D eigenvalue weighted by Gasteiger charge is -2.03. The molecule has 0 bridgehead atoms. The molecule has 0 aliphatic rings. The molecule has 5 heteroatoms. The average molecular weight is 326 g/mol. The predicted octanol–water partition coefficient (Wildman–Crippen LogP) is 3.38. The molecular weight excluding hydrogens is 308 g/mol. The Hall–Kier alpha value is -3.21. The fraction of sp³-hybridized carbons (Fsp3) is 0.105. The van der Waals surface area contributed by atoms with E-state index in [9.17, 15) is 15.0 Å². The first-order valence-electron chi connectivity index (χ1n) is 7.26. The van der Waals surface area contributed by atoms with Crippen molar-refractivity contribution in [3.8, 4) is 17.2 Å². The summed E-state index contributed by atoms with van der Waals surface area (Å²) >= 11 is 0. The van der Waals surface area contributed by atoms with Gasteiger partial charge in [0.25, 0.3) is 0 Å². The van der Waals surface area contributed by atoms with Gasteiger partial charge in [-0.05, 0) is 47.5 Å². The quantitative estimate of drug-likeness (QED) is 0.629. The Bertz CT molecular complexity index is 745. The molecule has 0 saturated heterocycles. The van der Waals surface area contributed by atoms with E-state index in [1.165, 1.54) is 19.3 Å². The van der Waals surface area contributed by atoms with Crippen LogP contribution in [-0.2, 0) is 9.53 Å². The number of hydrogen-bond donors (Lipinski definition) is 2. The van der Waals surface area contributed by atoms with Crippen molar-refractivity contribution >= 4 is 18.1 Å². The van der Waals surface area contributed by atoms with Gasteiger partial charge in [-0.1, -0.05) is 24.3 Å². The summed E-state index contributed by atoms with van der Waals surface area (Å²) in [6.07, 6.45) is 6.39. The minimum absolute atomic E-state index is 0.0385. The normalized spacial score (nSPS) is 11.0. The smallest absolute Gasteiger partial charge is 0.331 e. The maximum atomic E-state index is 11.6. The molecule has 0 unspecified atom stereocenters. The van der Waals surface area contributed by atoms with Gasteiger partial charge >= 0.3 is 5.97 Å². The molecular formula is C19H18O5. The van der Waals surface area contributed by atoms with Crippen LogP contribution in [0.15, 0.2) is 54.6 Å². The predicted molar refractivity (Wildman–Crippen MR) is 91.8 cm³/mol. The molecule has 0 fully saturated rings. The van der Waals surface area contributed by atoms with Crippen LogP contribution in [0.25, 0.3) is 12.2 Å². The van der Waals surface area contributed by atoms with Gasteiger partial charge < -0.3 is 19.7 Å². The second-order valence-electron chi connectivity index (χ2n) is 4.89. The number of ether oxygens (including phenoxy) is 2. The zero-order valence-corrected chi connectivity index (χ0v) is 13.2. The largest absolute Gasteiger partial charge is 0.508 e. The molecule has 2 aromatic carbocycles. The SMILES string of the molecule is COc1cc(C=CC(=O)OCC=Cc2ccc(O)cc2)ccc1O. The minimum atomic E-state index is -0.475. The van der Waals surface area contributed by atoms with Crippen molar-refractivity contribution in [2.75, 3.05) is 13.7 Å². The van der Waals surface area contributed by atoms with Crippen molar-refractivity contribution in [2.45, 2.75) is 0 Å². The molecule has 0 radical (unpaired) electrons. The van der Waals surface area contributed by atoms with E-state index in [-0.39, 0.29) is 18.1 Å². The van der Waals surface area contributed by atoms with E-state index in [1.54, 1.807) is 54.6 Å². The van der Waals surface area contributed by atoms with Crippen LogP contribution in [0.5, 0.6) is 17.2 Å². The first-order chi connectivity index (χ1) is 11.6. The van der Waals surface area contributed by atoms with Crippen LogP contribution in [0.2, 0.25) is 0 Å². The summed E-state index contributed by atoms with van der Waals surface area (Å²) in [5.41, 5.74) is 1.61. The third kappa shape index (κ3) is 5.21. The van der Waals surface area contributed by atoms with Gasteiger partial charge in [0.05, 0.1) is 7.11 Å². The number of hydrogen-bond acceptors (Lipinski definition) is 5. The number of carbonyl (C=O) groups excluding carboxylic acids is 1. The standard InChI is InChI=1S/C19H18O5/c1-23-18-13-15(6-10-17(18)21)7-11-19(22)24-12-2-3-14-4-8-16(20)9-5-14/h2-11,13,20-21H,12H2,1H3. The van der Waals surface area contributed by atoms with Crippen LogP contribution in [0.1, 0.15) is 11.1 Å². The third-order valence-electron chi connectivity index (χ3n) is 3.14. The molecule has 2 aromatic rings. The summed E-state index contributed by atoms with van der Waals surface area (Å²) in [7, 11) is 1.46. The van der Waals surface area contributed by atoms with Crippen LogP contribution in [0, 0.1) is 0 Å². The number of phenols is 2. The summed E-state index contributed by atoms with van der Waals surface area (Å²) in [6, 6.07) is 11.4. The van der Waals surface area contributed by atoms with Crippen LogP contribution in [-0.4, -0.2) is 29.9 Å². The maximum Gasteiger partial charge on any atom is 0.331 e. The molecule has 124 valence electrons. The molecule has 0 aliphatic heterocycles. The Balaban J connectivity index is 1.83. The highest BCUT2D eigenvalue weighted by Gasteiger charge is 2.01.